The number of thiazole rings is 1. The zero-order valence-corrected chi connectivity index (χ0v) is 12.5. The minimum atomic E-state index is 0.0523. The molecule has 0 bridgehead atoms. The molecule has 0 aliphatic carbocycles. The lowest BCUT2D eigenvalue weighted by molar-refractivity contribution is 0.284. The highest BCUT2D eigenvalue weighted by atomic mass is 32.1. The Hall–Kier alpha value is -1.39. The number of aryl methyl sites for hydroxylation is 1. The third kappa shape index (κ3) is 2.80. The summed E-state index contributed by atoms with van der Waals surface area (Å²) in [6, 6.07) is 6.13. The van der Waals surface area contributed by atoms with Crippen molar-refractivity contribution in [3.05, 3.63) is 34.3 Å². The van der Waals surface area contributed by atoms with Crippen LogP contribution in [0.4, 0.5) is 0 Å². The molecule has 0 spiro atoms. The Kier molecular flexibility index (Phi) is 4.22. The minimum Gasteiger partial charge on any atom is -0.496 e. The van der Waals surface area contributed by atoms with E-state index in [0.29, 0.717) is 5.92 Å². The minimum absolute atomic E-state index is 0.0523. The molecule has 0 fully saturated rings. The second-order valence-electron chi connectivity index (χ2n) is 4.80. The van der Waals surface area contributed by atoms with Crippen LogP contribution in [-0.2, 0) is 6.61 Å². The number of rotatable bonds is 4. The topological polar surface area (TPSA) is 42.4 Å². The molecule has 2 rings (SSSR count). The molecule has 0 radical (unpaired) electrons. The standard InChI is InChI=1S/C15H19NO2S/c1-9(2)12-7-11(5-6-13(12)18-4)15-16-10(3)14(8-17)19-15/h5-7,9,17H,8H2,1-4H3. The third-order valence-electron chi connectivity index (χ3n) is 3.13. The highest BCUT2D eigenvalue weighted by molar-refractivity contribution is 7.15. The van der Waals surface area contributed by atoms with Crippen LogP contribution in [0.25, 0.3) is 10.6 Å². The van der Waals surface area contributed by atoms with Gasteiger partial charge < -0.3 is 9.84 Å². The summed E-state index contributed by atoms with van der Waals surface area (Å²) in [6.07, 6.45) is 0. The maximum Gasteiger partial charge on any atom is 0.123 e. The zero-order valence-electron chi connectivity index (χ0n) is 11.7. The van der Waals surface area contributed by atoms with Gasteiger partial charge in [-0.2, -0.15) is 0 Å². The number of methoxy groups -OCH3 is 1. The van der Waals surface area contributed by atoms with E-state index in [4.69, 9.17) is 4.74 Å². The Labute approximate surface area is 117 Å². The molecule has 102 valence electrons. The smallest absolute Gasteiger partial charge is 0.123 e. The lowest BCUT2D eigenvalue weighted by atomic mass is 10.00. The van der Waals surface area contributed by atoms with Crippen molar-refractivity contribution in [3.63, 3.8) is 0 Å². The second-order valence-corrected chi connectivity index (χ2v) is 5.88. The predicted molar refractivity (Wildman–Crippen MR) is 78.9 cm³/mol. The molecule has 1 aromatic carbocycles. The van der Waals surface area contributed by atoms with Crippen LogP contribution in [0.3, 0.4) is 0 Å². The molecule has 1 N–H and O–H groups in total. The fraction of sp³-hybridized carbons (Fsp3) is 0.400. The molecule has 1 aromatic heterocycles. The van der Waals surface area contributed by atoms with E-state index in [-0.39, 0.29) is 6.61 Å². The van der Waals surface area contributed by atoms with Crippen molar-refractivity contribution in [1.82, 2.24) is 4.98 Å². The molecule has 1 heterocycles. The Morgan fingerprint density at radius 1 is 1.37 bits per heavy atom. The third-order valence-corrected chi connectivity index (χ3v) is 4.33. The number of aliphatic hydroxyl groups excluding tert-OH is 1. The van der Waals surface area contributed by atoms with Crippen LogP contribution in [0, 0.1) is 6.92 Å². The van der Waals surface area contributed by atoms with Gasteiger partial charge in [0.1, 0.15) is 10.8 Å². The molecular weight excluding hydrogens is 258 g/mol. The van der Waals surface area contributed by atoms with Gasteiger partial charge in [-0.15, -0.1) is 11.3 Å². The second kappa shape index (κ2) is 5.72. The summed E-state index contributed by atoms with van der Waals surface area (Å²) < 4.78 is 5.39. The van der Waals surface area contributed by atoms with Crippen molar-refractivity contribution >= 4 is 11.3 Å². The first-order valence-electron chi connectivity index (χ1n) is 6.32. The zero-order chi connectivity index (χ0) is 14.0. The number of benzene rings is 1. The van der Waals surface area contributed by atoms with Gasteiger partial charge in [-0.05, 0) is 36.6 Å². The van der Waals surface area contributed by atoms with E-state index in [1.165, 1.54) is 5.56 Å². The van der Waals surface area contributed by atoms with E-state index in [2.05, 4.69) is 24.9 Å². The molecular formula is C15H19NO2S. The van der Waals surface area contributed by atoms with Crippen molar-refractivity contribution in [1.29, 1.82) is 0 Å². The van der Waals surface area contributed by atoms with Gasteiger partial charge >= 0.3 is 0 Å². The van der Waals surface area contributed by atoms with Crippen LogP contribution in [0.15, 0.2) is 18.2 Å². The fourth-order valence-corrected chi connectivity index (χ4v) is 2.94. The summed E-state index contributed by atoms with van der Waals surface area (Å²) in [5.74, 6) is 1.31. The molecule has 0 unspecified atom stereocenters. The number of nitrogens with zero attached hydrogens (tertiary/aromatic N) is 1. The summed E-state index contributed by atoms with van der Waals surface area (Å²) in [7, 11) is 1.69. The Balaban J connectivity index is 2.47. The van der Waals surface area contributed by atoms with Crippen LogP contribution >= 0.6 is 11.3 Å². The first-order chi connectivity index (χ1) is 9.06. The highest BCUT2D eigenvalue weighted by Crippen LogP contribution is 2.34. The van der Waals surface area contributed by atoms with Gasteiger partial charge in [0, 0.05) is 5.56 Å². The summed E-state index contributed by atoms with van der Waals surface area (Å²) >= 11 is 1.54. The van der Waals surface area contributed by atoms with E-state index in [9.17, 15) is 5.11 Å². The van der Waals surface area contributed by atoms with Gasteiger partial charge in [0.15, 0.2) is 0 Å². The van der Waals surface area contributed by atoms with Gasteiger partial charge in [0.2, 0.25) is 0 Å². The van der Waals surface area contributed by atoms with Crippen LogP contribution in [0.1, 0.15) is 35.9 Å². The van der Waals surface area contributed by atoms with E-state index in [0.717, 1.165) is 26.9 Å². The summed E-state index contributed by atoms with van der Waals surface area (Å²) in [6.45, 7) is 6.27. The van der Waals surface area contributed by atoms with E-state index >= 15 is 0 Å². The Bertz CT molecular complexity index is 576. The SMILES string of the molecule is COc1ccc(-c2nc(C)c(CO)s2)cc1C(C)C. The molecule has 4 heteroatoms. The van der Waals surface area contributed by atoms with Gasteiger partial charge in [0.05, 0.1) is 24.3 Å². The van der Waals surface area contributed by atoms with Crippen molar-refractivity contribution in [2.24, 2.45) is 0 Å². The highest BCUT2D eigenvalue weighted by Gasteiger charge is 2.13. The van der Waals surface area contributed by atoms with Gasteiger partial charge in [0.25, 0.3) is 0 Å². The normalized spacial score (nSPS) is 11.1. The molecule has 19 heavy (non-hydrogen) atoms. The first kappa shape index (κ1) is 14.0. The van der Waals surface area contributed by atoms with E-state index < -0.39 is 0 Å². The number of aromatic nitrogens is 1. The van der Waals surface area contributed by atoms with Crippen molar-refractivity contribution in [3.8, 4) is 16.3 Å². The fourth-order valence-electron chi connectivity index (χ4n) is 2.02. The Morgan fingerprint density at radius 3 is 2.63 bits per heavy atom. The molecule has 3 nitrogen and oxygen atoms in total. The largest absolute Gasteiger partial charge is 0.496 e. The molecule has 0 saturated carbocycles. The van der Waals surface area contributed by atoms with Crippen LogP contribution in [0.2, 0.25) is 0 Å². The average molecular weight is 277 g/mol. The van der Waals surface area contributed by atoms with Crippen LogP contribution in [0.5, 0.6) is 5.75 Å². The number of hydrogen-bond donors (Lipinski definition) is 1. The summed E-state index contributed by atoms with van der Waals surface area (Å²) in [5, 5.41) is 10.2. The molecule has 2 aromatic rings. The summed E-state index contributed by atoms with van der Waals surface area (Å²) in [5.41, 5.74) is 3.17. The van der Waals surface area contributed by atoms with Gasteiger partial charge in [-0.3, -0.25) is 0 Å². The maximum atomic E-state index is 9.25. The maximum absolute atomic E-state index is 9.25. The first-order valence-corrected chi connectivity index (χ1v) is 7.14. The van der Waals surface area contributed by atoms with Gasteiger partial charge in [-0.1, -0.05) is 13.8 Å². The average Bonchev–Trinajstić information content (AvgIpc) is 2.79. The predicted octanol–water partition coefficient (Wildman–Crippen LogP) is 3.74. The Morgan fingerprint density at radius 2 is 2.11 bits per heavy atom. The quantitative estimate of drug-likeness (QED) is 0.925. The monoisotopic (exact) mass is 277 g/mol. The lowest BCUT2D eigenvalue weighted by Gasteiger charge is -2.12. The number of ether oxygens (including phenoxy) is 1. The van der Waals surface area contributed by atoms with Crippen LogP contribution < -0.4 is 4.74 Å². The van der Waals surface area contributed by atoms with Crippen molar-refractivity contribution in [2.45, 2.75) is 33.3 Å². The molecule has 0 aliphatic rings. The summed E-state index contributed by atoms with van der Waals surface area (Å²) in [4.78, 5) is 5.45. The van der Waals surface area contributed by atoms with Crippen LogP contribution in [-0.4, -0.2) is 17.2 Å². The molecule has 0 atom stereocenters. The van der Waals surface area contributed by atoms with Crippen molar-refractivity contribution in [2.75, 3.05) is 7.11 Å². The molecule has 0 saturated heterocycles. The van der Waals surface area contributed by atoms with Crippen molar-refractivity contribution < 1.29 is 9.84 Å². The molecule has 0 aliphatic heterocycles. The lowest BCUT2D eigenvalue weighted by Crippen LogP contribution is -1.94. The van der Waals surface area contributed by atoms with E-state index in [1.807, 2.05) is 19.1 Å². The number of hydrogen-bond acceptors (Lipinski definition) is 4. The molecule has 0 amide bonds. The van der Waals surface area contributed by atoms with Gasteiger partial charge in [-0.25, -0.2) is 4.98 Å². The number of aliphatic hydroxyl groups is 1. The van der Waals surface area contributed by atoms with E-state index in [1.54, 1.807) is 18.4 Å².